The number of nitriles is 1. The van der Waals surface area contributed by atoms with Crippen LogP contribution in [0.2, 0.25) is 0 Å². The van der Waals surface area contributed by atoms with Crippen molar-refractivity contribution in [2.75, 3.05) is 6.61 Å². The van der Waals surface area contributed by atoms with Crippen molar-refractivity contribution in [2.24, 2.45) is 5.73 Å². The molecule has 0 amide bonds. The topological polar surface area (TPSA) is 59.0 Å². The van der Waals surface area contributed by atoms with E-state index in [4.69, 9.17) is 15.7 Å². The van der Waals surface area contributed by atoms with Crippen LogP contribution in [0.15, 0.2) is 16.6 Å². The zero-order chi connectivity index (χ0) is 10.1. The molecule has 72 valence electrons. The Labute approximate surface area is 90.6 Å². The third kappa shape index (κ3) is 1.39. The van der Waals surface area contributed by atoms with Crippen molar-refractivity contribution >= 4 is 15.9 Å². The number of rotatable bonds is 0. The lowest BCUT2D eigenvalue weighted by Gasteiger charge is -2.24. The summed E-state index contributed by atoms with van der Waals surface area (Å²) in [5.74, 6) is 0.725. The van der Waals surface area contributed by atoms with Crippen molar-refractivity contribution in [3.05, 3.63) is 27.7 Å². The Balaban J connectivity index is 2.59. The second-order valence-electron chi connectivity index (χ2n) is 3.20. The zero-order valence-corrected chi connectivity index (χ0v) is 9.04. The quantitative estimate of drug-likeness (QED) is 0.770. The highest BCUT2D eigenvalue weighted by Gasteiger charge is 2.21. The molecule has 0 saturated carbocycles. The van der Waals surface area contributed by atoms with Gasteiger partial charge in [-0.25, -0.2) is 0 Å². The van der Waals surface area contributed by atoms with Gasteiger partial charge in [-0.15, -0.1) is 0 Å². The fourth-order valence-corrected chi connectivity index (χ4v) is 2.10. The second kappa shape index (κ2) is 3.60. The lowest BCUT2D eigenvalue weighted by atomic mass is 10.00. The Morgan fingerprint density at radius 1 is 1.57 bits per heavy atom. The molecular weight excluding hydrogens is 244 g/mol. The average Bonchev–Trinajstić information content (AvgIpc) is 2.20. The van der Waals surface area contributed by atoms with Gasteiger partial charge in [0, 0.05) is 18.0 Å². The van der Waals surface area contributed by atoms with E-state index in [9.17, 15) is 0 Å². The van der Waals surface area contributed by atoms with Gasteiger partial charge in [-0.2, -0.15) is 5.26 Å². The van der Waals surface area contributed by atoms with Crippen molar-refractivity contribution in [3.8, 4) is 11.8 Å². The summed E-state index contributed by atoms with van der Waals surface area (Å²) >= 11 is 3.35. The average molecular weight is 253 g/mol. The Bertz CT molecular complexity index is 411. The SMILES string of the molecule is N#Cc1ccc2c(c1Br)OCC[C@@H]2N. The molecule has 3 nitrogen and oxygen atoms in total. The van der Waals surface area contributed by atoms with Crippen LogP contribution in [0.3, 0.4) is 0 Å². The first-order valence-electron chi connectivity index (χ1n) is 4.35. The number of fused-ring (bicyclic) bond motifs is 1. The lowest BCUT2D eigenvalue weighted by Crippen LogP contribution is -2.20. The molecule has 1 aromatic carbocycles. The summed E-state index contributed by atoms with van der Waals surface area (Å²) in [6.07, 6.45) is 0.825. The fraction of sp³-hybridized carbons (Fsp3) is 0.300. The smallest absolute Gasteiger partial charge is 0.139 e. The van der Waals surface area contributed by atoms with E-state index in [2.05, 4.69) is 22.0 Å². The summed E-state index contributed by atoms with van der Waals surface area (Å²) in [5, 5.41) is 8.82. The molecule has 0 spiro atoms. The molecule has 2 N–H and O–H groups in total. The van der Waals surface area contributed by atoms with Crippen LogP contribution in [-0.4, -0.2) is 6.61 Å². The molecule has 1 aromatic rings. The van der Waals surface area contributed by atoms with Gasteiger partial charge in [0.25, 0.3) is 0 Å². The number of nitrogens with zero attached hydrogens (tertiary/aromatic N) is 1. The summed E-state index contributed by atoms with van der Waals surface area (Å²) < 4.78 is 6.20. The van der Waals surface area contributed by atoms with Crippen molar-refractivity contribution in [1.82, 2.24) is 0 Å². The van der Waals surface area contributed by atoms with E-state index in [1.54, 1.807) is 6.07 Å². The third-order valence-corrected chi connectivity index (χ3v) is 3.11. The molecule has 0 bridgehead atoms. The minimum atomic E-state index is 0.0165. The largest absolute Gasteiger partial charge is 0.492 e. The minimum absolute atomic E-state index is 0.0165. The van der Waals surface area contributed by atoms with E-state index < -0.39 is 0 Å². The number of benzene rings is 1. The van der Waals surface area contributed by atoms with Crippen LogP contribution in [0.5, 0.6) is 5.75 Å². The highest BCUT2D eigenvalue weighted by molar-refractivity contribution is 9.10. The van der Waals surface area contributed by atoms with Crippen LogP contribution in [0.4, 0.5) is 0 Å². The molecule has 0 radical (unpaired) electrons. The molecule has 0 unspecified atom stereocenters. The van der Waals surface area contributed by atoms with Gasteiger partial charge in [0.05, 0.1) is 16.6 Å². The lowest BCUT2D eigenvalue weighted by molar-refractivity contribution is 0.267. The summed E-state index contributed by atoms with van der Waals surface area (Å²) in [7, 11) is 0. The van der Waals surface area contributed by atoms with Crippen LogP contribution in [-0.2, 0) is 0 Å². The van der Waals surface area contributed by atoms with Crippen molar-refractivity contribution in [1.29, 1.82) is 5.26 Å². The van der Waals surface area contributed by atoms with Crippen LogP contribution in [0, 0.1) is 11.3 Å². The van der Waals surface area contributed by atoms with Gasteiger partial charge in [0.15, 0.2) is 0 Å². The van der Waals surface area contributed by atoms with Crippen LogP contribution < -0.4 is 10.5 Å². The normalized spacial score (nSPS) is 19.4. The highest BCUT2D eigenvalue weighted by atomic mass is 79.9. The van der Waals surface area contributed by atoms with Gasteiger partial charge >= 0.3 is 0 Å². The summed E-state index contributed by atoms with van der Waals surface area (Å²) in [6.45, 7) is 0.613. The molecule has 2 rings (SSSR count). The standard InChI is InChI=1S/C10H9BrN2O/c11-9-6(5-12)1-2-7-8(13)3-4-14-10(7)9/h1-2,8H,3-4,13H2/t8-/m0/s1. The highest BCUT2D eigenvalue weighted by Crippen LogP contribution is 2.38. The van der Waals surface area contributed by atoms with Crippen molar-refractivity contribution < 1.29 is 4.74 Å². The molecule has 0 aromatic heterocycles. The Morgan fingerprint density at radius 3 is 3.07 bits per heavy atom. The number of halogens is 1. The maximum absolute atomic E-state index is 8.82. The molecule has 14 heavy (non-hydrogen) atoms. The Morgan fingerprint density at radius 2 is 2.36 bits per heavy atom. The zero-order valence-electron chi connectivity index (χ0n) is 7.46. The van der Waals surface area contributed by atoms with Crippen molar-refractivity contribution in [3.63, 3.8) is 0 Å². The third-order valence-electron chi connectivity index (χ3n) is 2.32. The van der Waals surface area contributed by atoms with Crippen LogP contribution in [0.25, 0.3) is 0 Å². The predicted molar refractivity (Wildman–Crippen MR) is 55.9 cm³/mol. The van der Waals surface area contributed by atoms with E-state index in [0.29, 0.717) is 16.6 Å². The van der Waals surface area contributed by atoms with Crippen LogP contribution >= 0.6 is 15.9 Å². The molecule has 1 atom stereocenters. The molecule has 0 saturated heterocycles. The maximum Gasteiger partial charge on any atom is 0.139 e. The molecule has 1 aliphatic heterocycles. The number of hydrogen-bond acceptors (Lipinski definition) is 3. The summed E-state index contributed by atoms with van der Waals surface area (Å²) in [4.78, 5) is 0. The van der Waals surface area contributed by atoms with Gasteiger partial charge in [-0.1, -0.05) is 6.07 Å². The van der Waals surface area contributed by atoms with E-state index in [-0.39, 0.29) is 6.04 Å². The van der Waals surface area contributed by atoms with Gasteiger partial charge in [0.2, 0.25) is 0 Å². The molecular formula is C10H9BrN2O. The first-order chi connectivity index (χ1) is 6.74. The molecule has 0 fully saturated rings. The number of hydrogen-bond donors (Lipinski definition) is 1. The second-order valence-corrected chi connectivity index (χ2v) is 3.99. The molecule has 1 aliphatic rings. The van der Waals surface area contributed by atoms with E-state index in [0.717, 1.165) is 17.7 Å². The molecule has 0 aliphatic carbocycles. The van der Waals surface area contributed by atoms with Gasteiger partial charge in [-0.3, -0.25) is 0 Å². The van der Waals surface area contributed by atoms with Gasteiger partial charge < -0.3 is 10.5 Å². The van der Waals surface area contributed by atoms with E-state index >= 15 is 0 Å². The van der Waals surface area contributed by atoms with E-state index in [1.165, 1.54) is 0 Å². The minimum Gasteiger partial charge on any atom is -0.492 e. The summed E-state index contributed by atoms with van der Waals surface area (Å²) in [6, 6.07) is 5.73. The number of nitrogens with two attached hydrogens (primary N) is 1. The fourth-order valence-electron chi connectivity index (χ4n) is 1.54. The first-order valence-corrected chi connectivity index (χ1v) is 5.14. The Hall–Kier alpha value is -1.05. The Kier molecular flexibility index (Phi) is 2.44. The maximum atomic E-state index is 8.82. The van der Waals surface area contributed by atoms with Crippen molar-refractivity contribution in [2.45, 2.75) is 12.5 Å². The van der Waals surface area contributed by atoms with Gasteiger partial charge in [-0.05, 0) is 22.0 Å². The van der Waals surface area contributed by atoms with Crippen LogP contribution in [0.1, 0.15) is 23.6 Å². The van der Waals surface area contributed by atoms with Gasteiger partial charge in [0.1, 0.15) is 11.8 Å². The molecule has 4 heteroatoms. The predicted octanol–water partition coefficient (Wildman–Crippen LogP) is 2.10. The number of ether oxygens (including phenoxy) is 1. The molecule has 1 heterocycles. The summed E-state index contributed by atoms with van der Waals surface area (Å²) in [5.41, 5.74) is 7.48. The monoisotopic (exact) mass is 252 g/mol. The van der Waals surface area contributed by atoms with E-state index in [1.807, 2.05) is 6.07 Å². The first kappa shape index (κ1) is 9.50.